The highest BCUT2D eigenvalue weighted by Gasteiger charge is 2.28. The summed E-state index contributed by atoms with van der Waals surface area (Å²) in [5, 5.41) is 5.95. The maximum atomic E-state index is 13.0. The Kier molecular flexibility index (Phi) is 7.87. The minimum atomic E-state index is -0.614. The molecule has 0 bridgehead atoms. The number of rotatable bonds is 9. The fourth-order valence-electron chi connectivity index (χ4n) is 3.67. The molecule has 176 valence electrons. The number of esters is 1. The molecule has 1 aliphatic carbocycles. The van der Waals surface area contributed by atoms with Crippen molar-refractivity contribution < 1.29 is 23.9 Å². The molecular weight excluding hydrogens is 454 g/mol. The van der Waals surface area contributed by atoms with Gasteiger partial charge in [-0.15, -0.1) is 11.3 Å². The maximum Gasteiger partial charge on any atom is 0.341 e. The van der Waals surface area contributed by atoms with Crippen molar-refractivity contribution in [2.45, 2.75) is 25.7 Å². The molecule has 2 heterocycles. The lowest BCUT2D eigenvalue weighted by molar-refractivity contribution is -0.124. The third-order valence-electron chi connectivity index (χ3n) is 5.30. The number of nitrogens with zero attached hydrogens (tertiary/aromatic N) is 1. The summed E-state index contributed by atoms with van der Waals surface area (Å²) in [5.74, 6) is -0.671. The van der Waals surface area contributed by atoms with Crippen LogP contribution in [0.4, 0.5) is 5.00 Å². The highest BCUT2D eigenvalue weighted by molar-refractivity contribution is 7.17. The van der Waals surface area contributed by atoms with Crippen molar-refractivity contribution in [2.24, 2.45) is 0 Å². The normalized spacial score (nSPS) is 12.4. The summed E-state index contributed by atoms with van der Waals surface area (Å²) in [6.07, 6.45) is 6.63. The Balaban J connectivity index is 1.34. The largest absolute Gasteiger partial charge is 0.492 e. The number of nitrogens with one attached hydrogen (secondary N) is 2. The maximum absolute atomic E-state index is 13.0. The lowest BCUT2D eigenvalue weighted by Gasteiger charge is -2.13. The van der Waals surface area contributed by atoms with Gasteiger partial charge in [-0.3, -0.25) is 14.6 Å². The Morgan fingerprint density at radius 1 is 1.03 bits per heavy atom. The average molecular weight is 480 g/mol. The predicted molar refractivity (Wildman–Crippen MR) is 128 cm³/mol. The molecule has 4 rings (SSSR count). The highest BCUT2D eigenvalue weighted by Crippen LogP contribution is 2.38. The first kappa shape index (κ1) is 23.4. The summed E-state index contributed by atoms with van der Waals surface area (Å²) in [4.78, 5) is 42.8. The molecule has 1 aromatic carbocycles. The van der Waals surface area contributed by atoms with Crippen LogP contribution in [0.3, 0.4) is 0 Å². The van der Waals surface area contributed by atoms with E-state index in [1.165, 1.54) is 17.5 Å². The zero-order valence-electron chi connectivity index (χ0n) is 18.5. The molecule has 3 aromatic rings. The molecule has 9 heteroatoms. The molecule has 0 saturated heterocycles. The molecular formula is C25H25N3O5S. The van der Waals surface area contributed by atoms with Crippen molar-refractivity contribution in [3.8, 4) is 5.75 Å². The van der Waals surface area contributed by atoms with Crippen LogP contribution in [0.5, 0.6) is 5.75 Å². The third kappa shape index (κ3) is 5.99. The van der Waals surface area contributed by atoms with E-state index in [0.717, 1.165) is 36.1 Å². The Morgan fingerprint density at radius 3 is 2.65 bits per heavy atom. The van der Waals surface area contributed by atoms with Crippen molar-refractivity contribution in [1.82, 2.24) is 10.3 Å². The fourth-order valence-corrected chi connectivity index (χ4v) is 4.95. The molecule has 0 unspecified atom stereocenters. The average Bonchev–Trinajstić information content (AvgIpc) is 3.24. The van der Waals surface area contributed by atoms with Gasteiger partial charge in [0, 0.05) is 17.3 Å². The van der Waals surface area contributed by atoms with Crippen molar-refractivity contribution in [3.63, 3.8) is 0 Å². The third-order valence-corrected chi connectivity index (χ3v) is 6.50. The van der Waals surface area contributed by atoms with Crippen LogP contribution in [0, 0.1) is 0 Å². The number of anilines is 1. The van der Waals surface area contributed by atoms with Crippen LogP contribution in [0.1, 0.15) is 44.0 Å². The first-order chi connectivity index (χ1) is 16.6. The van der Waals surface area contributed by atoms with E-state index in [4.69, 9.17) is 9.47 Å². The topological polar surface area (TPSA) is 107 Å². The molecule has 0 radical (unpaired) electrons. The number of carbonyl (C=O) groups is 3. The van der Waals surface area contributed by atoms with Gasteiger partial charge in [-0.1, -0.05) is 18.2 Å². The van der Waals surface area contributed by atoms with Crippen LogP contribution in [-0.4, -0.2) is 42.5 Å². The second kappa shape index (κ2) is 11.4. The first-order valence-corrected chi connectivity index (χ1v) is 11.9. The zero-order valence-corrected chi connectivity index (χ0v) is 19.4. The minimum Gasteiger partial charge on any atom is -0.492 e. The van der Waals surface area contributed by atoms with Gasteiger partial charge in [-0.2, -0.15) is 0 Å². The Morgan fingerprint density at radius 2 is 1.85 bits per heavy atom. The zero-order chi connectivity index (χ0) is 23.8. The van der Waals surface area contributed by atoms with E-state index in [1.807, 2.05) is 30.3 Å². The summed E-state index contributed by atoms with van der Waals surface area (Å²) in [7, 11) is 0. The number of benzene rings is 1. The number of hydrogen-bond acceptors (Lipinski definition) is 7. The van der Waals surface area contributed by atoms with Crippen molar-refractivity contribution >= 4 is 34.1 Å². The quantitative estimate of drug-likeness (QED) is 0.359. The standard InChI is InChI=1S/C25H25N3O5S/c29-21(27-13-14-32-18-8-2-1-3-9-18)16-33-25(31)22-19-10-4-5-11-20(19)34-24(22)28-23(30)17-7-6-12-26-15-17/h1-3,6-9,12,15H,4-5,10-11,13-14,16H2,(H,27,29)(H,28,30). The molecule has 2 amide bonds. The second-order valence-corrected chi connectivity index (χ2v) is 8.80. The van der Waals surface area contributed by atoms with Gasteiger partial charge in [-0.05, 0) is 55.5 Å². The number of amides is 2. The van der Waals surface area contributed by atoms with E-state index >= 15 is 0 Å². The minimum absolute atomic E-state index is 0.283. The van der Waals surface area contributed by atoms with Crippen molar-refractivity contribution in [2.75, 3.05) is 25.1 Å². The molecule has 0 spiro atoms. The Hall–Kier alpha value is -3.72. The second-order valence-electron chi connectivity index (χ2n) is 7.70. The Labute approximate surface area is 201 Å². The van der Waals surface area contributed by atoms with Gasteiger partial charge in [0.05, 0.1) is 17.7 Å². The lowest BCUT2D eigenvalue weighted by Crippen LogP contribution is -2.32. The number of ether oxygens (including phenoxy) is 2. The van der Waals surface area contributed by atoms with E-state index in [-0.39, 0.29) is 12.5 Å². The van der Waals surface area contributed by atoms with Crippen LogP contribution in [0.15, 0.2) is 54.9 Å². The number of thiophene rings is 1. The van der Waals surface area contributed by atoms with Crippen molar-refractivity contribution in [3.05, 3.63) is 76.4 Å². The molecule has 0 atom stereocenters. The number of fused-ring (bicyclic) bond motifs is 1. The monoisotopic (exact) mass is 479 g/mol. The van der Waals surface area contributed by atoms with Crippen LogP contribution < -0.4 is 15.4 Å². The summed E-state index contributed by atoms with van der Waals surface area (Å²) in [6, 6.07) is 12.6. The van der Waals surface area contributed by atoms with Gasteiger partial charge in [0.15, 0.2) is 6.61 Å². The number of para-hydroxylation sites is 1. The van der Waals surface area contributed by atoms with Gasteiger partial charge in [0.25, 0.3) is 11.8 Å². The number of aryl methyl sites for hydroxylation is 1. The number of aromatic nitrogens is 1. The molecule has 1 aliphatic rings. The number of carbonyl (C=O) groups excluding carboxylic acids is 3. The van der Waals surface area contributed by atoms with E-state index in [1.54, 1.807) is 18.3 Å². The van der Waals surface area contributed by atoms with Gasteiger partial charge < -0.3 is 20.1 Å². The van der Waals surface area contributed by atoms with Gasteiger partial charge >= 0.3 is 5.97 Å². The van der Waals surface area contributed by atoms with Gasteiger partial charge in [0.2, 0.25) is 0 Å². The van der Waals surface area contributed by atoms with Crippen LogP contribution in [0.2, 0.25) is 0 Å². The molecule has 8 nitrogen and oxygen atoms in total. The van der Waals surface area contributed by atoms with E-state index < -0.39 is 18.5 Å². The van der Waals surface area contributed by atoms with Crippen molar-refractivity contribution in [1.29, 1.82) is 0 Å². The molecule has 2 N–H and O–H groups in total. The van der Waals surface area contributed by atoms with E-state index in [9.17, 15) is 14.4 Å². The highest BCUT2D eigenvalue weighted by atomic mass is 32.1. The Bertz CT molecular complexity index is 1150. The summed E-state index contributed by atoms with van der Waals surface area (Å²) in [6.45, 7) is 0.169. The predicted octanol–water partition coefficient (Wildman–Crippen LogP) is 3.63. The van der Waals surface area contributed by atoms with Crippen LogP contribution in [0.25, 0.3) is 0 Å². The molecule has 2 aromatic heterocycles. The number of hydrogen-bond donors (Lipinski definition) is 2. The van der Waals surface area contributed by atoms with Gasteiger partial charge in [0.1, 0.15) is 17.4 Å². The van der Waals surface area contributed by atoms with E-state index in [2.05, 4.69) is 15.6 Å². The fraction of sp³-hybridized carbons (Fsp3) is 0.280. The molecule has 0 saturated carbocycles. The smallest absolute Gasteiger partial charge is 0.341 e. The van der Waals surface area contributed by atoms with Crippen LogP contribution in [-0.2, 0) is 22.4 Å². The first-order valence-electron chi connectivity index (χ1n) is 11.1. The molecule has 34 heavy (non-hydrogen) atoms. The lowest BCUT2D eigenvalue weighted by atomic mass is 9.95. The summed E-state index contributed by atoms with van der Waals surface area (Å²) >= 11 is 1.39. The van der Waals surface area contributed by atoms with E-state index in [0.29, 0.717) is 28.5 Å². The number of pyridine rings is 1. The summed E-state index contributed by atoms with van der Waals surface area (Å²) in [5.41, 5.74) is 1.64. The molecule has 0 fully saturated rings. The SMILES string of the molecule is O=C(COC(=O)c1c(NC(=O)c2cccnc2)sc2c1CCCC2)NCCOc1ccccc1. The van der Waals surface area contributed by atoms with Crippen LogP contribution >= 0.6 is 11.3 Å². The summed E-state index contributed by atoms with van der Waals surface area (Å²) < 4.78 is 10.8. The van der Waals surface area contributed by atoms with Gasteiger partial charge in [-0.25, -0.2) is 4.79 Å². The molecule has 0 aliphatic heterocycles.